The molecule has 0 radical (unpaired) electrons. The van der Waals surface area contributed by atoms with Gasteiger partial charge in [0.25, 0.3) is 0 Å². The summed E-state index contributed by atoms with van der Waals surface area (Å²) in [5, 5.41) is 2.93. The maximum atomic E-state index is 3.74. The monoisotopic (exact) mass is 191 g/mol. The summed E-state index contributed by atoms with van der Waals surface area (Å²) in [7, 11) is 1.93. The molecule has 0 saturated carbocycles. The van der Waals surface area contributed by atoms with E-state index in [2.05, 4.69) is 43.9 Å². The molecule has 1 rings (SSSR count). The zero-order valence-corrected chi connectivity index (χ0v) is 9.51. The van der Waals surface area contributed by atoms with Gasteiger partial charge in [0.1, 0.15) is 0 Å². The van der Waals surface area contributed by atoms with Crippen LogP contribution < -0.4 is 5.32 Å². The first-order valence-corrected chi connectivity index (χ1v) is 5.15. The lowest BCUT2D eigenvalue weighted by atomic mass is 10.1. The standard InChI is InChI=1S/C10H12.C3H9N/c1-3-9-7-5-6-8-10(9)4-2;1-3-4-2/h3,5-8H,1,4H2,2H3;4H,3H2,1-2H3. The van der Waals surface area contributed by atoms with Gasteiger partial charge in [0.15, 0.2) is 0 Å². The van der Waals surface area contributed by atoms with Gasteiger partial charge in [-0.05, 0) is 31.1 Å². The van der Waals surface area contributed by atoms with Crippen molar-refractivity contribution in [2.45, 2.75) is 20.3 Å². The summed E-state index contributed by atoms with van der Waals surface area (Å²) in [6.07, 6.45) is 2.99. The Morgan fingerprint density at radius 2 is 1.86 bits per heavy atom. The van der Waals surface area contributed by atoms with Crippen molar-refractivity contribution in [3.63, 3.8) is 0 Å². The summed E-state index contributed by atoms with van der Waals surface area (Å²) in [6.45, 7) is 9.03. The van der Waals surface area contributed by atoms with Crippen molar-refractivity contribution in [2.24, 2.45) is 0 Å². The van der Waals surface area contributed by atoms with E-state index in [1.165, 1.54) is 11.1 Å². The maximum Gasteiger partial charge on any atom is -0.00804 e. The number of rotatable bonds is 3. The van der Waals surface area contributed by atoms with E-state index in [4.69, 9.17) is 0 Å². The van der Waals surface area contributed by atoms with Crippen LogP contribution in [0.2, 0.25) is 0 Å². The Kier molecular flexibility index (Phi) is 7.86. The summed E-state index contributed by atoms with van der Waals surface area (Å²) in [4.78, 5) is 0. The Bertz CT molecular complexity index is 251. The molecule has 0 aliphatic rings. The Morgan fingerprint density at radius 1 is 1.29 bits per heavy atom. The largest absolute Gasteiger partial charge is 0.320 e. The Hall–Kier alpha value is -1.08. The van der Waals surface area contributed by atoms with E-state index >= 15 is 0 Å². The van der Waals surface area contributed by atoms with Gasteiger partial charge in [-0.15, -0.1) is 0 Å². The van der Waals surface area contributed by atoms with E-state index in [1.54, 1.807) is 0 Å². The number of hydrogen-bond acceptors (Lipinski definition) is 1. The summed E-state index contributed by atoms with van der Waals surface area (Å²) >= 11 is 0. The molecule has 0 aliphatic heterocycles. The summed E-state index contributed by atoms with van der Waals surface area (Å²) in [5.41, 5.74) is 2.63. The molecule has 0 saturated heterocycles. The third-order valence-corrected chi connectivity index (χ3v) is 2.01. The minimum absolute atomic E-state index is 1.07. The lowest BCUT2D eigenvalue weighted by molar-refractivity contribution is 0.864. The molecular formula is C13H21N. The fraction of sp³-hybridized carbons (Fsp3) is 0.385. The lowest BCUT2D eigenvalue weighted by Gasteiger charge is -1.99. The third kappa shape index (κ3) is 4.83. The van der Waals surface area contributed by atoms with E-state index in [-0.39, 0.29) is 0 Å². The second-order valence-corrected chi connectivity index (χ2v) is 2.96. The van der Waals surface area contributed by atoms with Gasteiger partial charge in [-0.25, -0.2) is 0 Å². The quantitative estimate of drug-likeness (QED) is 0.774. The minimum atomic E-state index is 1.07. The van der Waals surface area contributed by atoms with Crippen LogP contribution in [0, 0.1) is 0 Å². The van der Waals surface area contributed by atoms with Crippen LogP contribution in [0.15, 0.2) is 30.8 Å². The summed E-state index contributed by atoms with van der Waals surface area (Å²) < 4.78 is 0. The van der Waals surface area contributed by atoms with Crippen molar-refractivity contribution in [1.82, 2.24) is 5.32 Å². The summed E-state index contributed by atoms with van der Waals surface area (Å²) in [5.74, 6) is 0. The number of benzene rings is 1. The second-order valence-electron chi connectivity index (χ2n) is 2.96. The average molecular weight is 191 g/mol. The number of hydrogen-bond donors (Lipinski definition) is 1. The smallest absolute Gasteiger partial charge is 0.00804 e. The molecule has 0 unspecified atom stereocenters. The number of aryl methyl sites for hydroxylation is 1. The fourth-order valence-electron chi connectivity index (χ4n) is 1.06. The van der Waals surface area contributed by atoms with Crippen molar-refractivity contribution in [3.8, 4) is 0 Å². The SMILES string of the molecule is C=Cc1ccccc1CC.CCNC. The molecular weight excluding hydrogens is 170 g/mol. The molecule has 0 spiro atoms. The van der Waals surface area contributed by atoms with Crippen LogP contribution in [0.1, 0.15) is 25.0 Å². The van der Waals surface area contributed by atoms with E-state index in [1.807, 2.05) is 19.2 Å². The molecule has 0 bridgehead atoms. The highest BCUT2D eigenvalue weighted by molar-refractivity contribution is 5.51. The van der Waals surface area contributed by atoms with Gasteiger partial charge >= 0.3 is 0 Å². The van der Waals surface area contributed by atoms with Crippen molar-refractivity contribution in [3.05, 3.63) is 42.0 Å². The lowest BCUT2D eigenvalue weighted by Crippen LogP contribution is -2.01. The summed E-state index contributed by atoms with van der Waals surface area (Å²) in [6, 6.07) is 8.32. The Morgan fingerprint density at radius 3 is 2.21 bits per heavy atom. The molecule has 0 aromatic heterocycles. The molecule has 1 aromatic carbocycles. The van der Waals surface area contributed by atoms with Crippen LogP contribution in [0.25, 0.3) is 6.08 Å². The van der Waals surface area contributed by atoms with Crippen LogP contribution in [0.4, 0.5) is 0 Å². The highest BCUT2D eigenvalue weighted by atomic mass is 14.8. The highest BCUT2D eigenvalue weighted by Crippen LogP contribution is 2.09. The van der Waals surface area contributed by atoms with Crippen molar-refractivity contribution in [2.75, 3.05) is 13.6 Å². The first-order chi connectivity index (χ1) is 6.79. The predicted octanol–water partition coefficient (Wildman–Crippen LogP) is 3.12. The molecule has 78 valence electrons. The Labute approximate surface area is 87.9 Å². The molecule has 0 fully saturated rings. The van der Waals surface area contributed by atoms with Crippen molar-refractivity contribution in [1.29, 1.82) is 0 Å². The molecule has 1 heteroatoms. The normalized spacial score (nSPS) is 8.79. The molecule has 0 atom stereocenters. The molecule has 1 aromatic rings. The molecule has 1 N–H and O–H groups in total. The van der Waals surface area contributed by atoms with Gasteiger partial charge in [-0.2, -0.15) is 0 Å². The van der Waals surface area contributed by atoms with E-state index in [0.717, 1.165) is 13.0 Å². The molecule has 14 heavy (non-hydrogen) atoms. The molecule has 0 heterocycles. The topological polar surface area (TPSA) is 12.0 Å². The van der Waals surface area contributed by atoms with Gasteiger partial charge < -0.3 is 5.32 Å². The molecule has 0 amide bonds. The highest BCUT2D eigenvalue weighted by Gasteiger charge is 1.91. The van der Waals surface area contributed by atoms with Crippen LogP contribution >= 0.6 is 0 Å². The van der Waals surface area contributed by atoms with Crippen LogP contribution in [0.3, 0.4) is 0 Å². The van der Waals surface area contributed by atoms with Crippen LogP contribution in [0.5, 0.6) is 0 Å². The van der Waals surface area contributed by atoms with Gasteiger partial charge in [-0.1, -0.05) is 50.8 Å². The minimum Gasteiger partial charge on any atom is -0.320 e. The van der Waals surface area contributed by atoms with Crippen molar-refractivity contribution >= 4 is 6.08 Å². The first-order valence-electron chi connectivity index (χ1n) is 5.15. The van der Waals surface area contributed by atoms with E-state index in [0.29, 0.717) is 0 Å². The predicted molar refractivity (Wildman–Crippen MR) is 65.5 cm³/mol. The average Bonchev–Trinajstić information content (AvgIpc) is 2.29. The van der Waals surface area contributed by atoms with Gasteiger partial charge in [-0.3, -0.25) is 0 Å². The number of nitrogens with one attached hydrogen (secondary N) is 1. The maximum absolute atomic E-state index is 3.74. The Balaban J connectivity index is 0.000000364. The van der Waals surface area contributed by atoms with E-state index < -0.39 is 0 Å². The second kappa shape index (κ2) is 8.52. The van der Waals surface area contributed by atoms with E-state index in [9.17, 15) is 0 Å². The zero-order valence-electron chi connectivity index (χ0n) is 9.51. The molecule has 0 aliphatic carbocycles. The van der Waals surface area contributed by atoms with Gasteiger partial charge in [0.2, 0.25) is 0 Å². The van der Waals surface area contributed by atoms with Gasteiger partial charge in [0.05, 0.1) is 0 Å². The van der Waals surface area contributed by atoms with Crippen LogP contribution in [-0.2, 0) is 6.42 Å². The molecule has 1 nitrogen and oxygen atoms in total. The van der Waals surface area contributed by atoms with Gasteiger partial charge in [0, 0.05) is 0 Å². The first kappa shape index (κ1) is 12.9. The van der Waals surface area contributed by atoms with Crippen LogP contribution in [-0.4, -0.2) is 13.6 Å². The fourth-order valence-corrected chi connectivity index (χ4v) is 1.06. The zero-order chi connectivity index (χ0) is 10.8. The third-order valence-electron chi connectivity index (χ3n) is 2.01. The van der Waals surface area contributed by atoms with Crippen molar-refractivity contribution < 1.29 is 0 Å².